The summed E-state index contributed by atoms with van der Waals surface area (Å²) < 4.78 is 28.2. The molecular formula is C46H58O16. The zero-order chi connectivity index (χ0) is 45.2. The van der Waals surface area contributed by atoms with Gasteiger partial charge in [0.05, 0.1) is 24.5 Å². The zero-order valence-electron chi connectivity index (χ0n) is 35.4. The Kier molecular flexibility index (Phi) is 14.4. The number of carbonyl (C=O) groups excluding carboxylic acids is 2. The maximum Gasteiger partial charge on any atom is 0.311 e. The minimum Gasteiger partial charge on any atom is -0.507 e. The largest absolute Gasteiger partial charge is 0.507 e. The van der Waals surface area contributed by atoms with Gasteiger partial charge in [-0.1, -0.05) is 45.1 Å². The fraction of sp³-hybridized carbons (Fsp3) is 0.543. The van der Waals surface area contributed by atoms with Crippen molar-refractivity contribution in [2.75, 3.05) is 6.61 Å². The summed E-state index contributed by atoms with van der Waals surface area (Å²) >= 11 is 0. The van der Waals surface area contributed by atoms with Gasteiger partial charge in [0.2, 0.25) is 17.5 Å². The number of esters is 2. The van der Waals surface area contributed by atoms with E-state index in [2.05, 4.69) is 32.1 Å². The lowest BCUT2D eigenvalue weighted by atomic mass is 9.65. The number of allylic oxidation sites excluding steroid dienone is 3. The summed E-state index contributed by atoms with van der Waals surface area (Å²) in [6.45, 7) is 9.59. The van der Waals surface area contributed by atoms with E-state index < -0.39 is 77.3 Å². The lowest BCUT2D eigenvalue weighted by Crippen LogP contribution is -2.60. The first-order valence-corrected chi connectivity index (χ1v) is 21.1. The first kappa shape index (κ1) is 46.5. The minimum atomic E-state index is -1.81. The number of aliphatic hydroxyl groups is 5. The molecule has 0 bridgehead atoms. The number of aliphatic hydroxyl groups excluding tert-OH is 5. The quantitative estimate of drug-likeness (QED) is 0.104. The van der Waals surface area contributed by atoms with Gasteiger partial charge in [-0.15, -0.1) is 0 Å². The van der Waals surface area contributed by atoms with Crippen molar-refractivity contribution in [1.82, 2.24) is 0 Å². The van der Waals surface area contributed by atoms with Crippen molar-refractivity contribution >= 4 is 22.9 Å². The SMILES string of the molecule is CCC(C)(C)C(=O)O[C@H]1C[C@@H](C)C=C2C=C[C@H](C)[C@H](CC[C@@H]3C[C@@H](O)CC(=O)O3)[C@H]21.O=c1c(O[C@@H]2O[C@H](CO)[C@@H](O)[C@H](O)[C@H]2O)c(-c2ccc(O)c(O)c2)oc2cccc(O)c12. The van der Waals surface area contributed by atoms with E-state index in [1.807, 2.05) is 20.8 Å². The molecule has 0 spiro atoms. The molecule has 4 aliphatic rings. The second-order valence-electron chi connectivity index (χ2n) is 17.5. The van der Waals surface area contributed by atoms with Crippen molar-refractivity contribution in [2.45, 2.75) is 122 Å². The summed E-state index contributed by atoms with van der Waals surface area (Å²) in [5.41, 5.74) is 0.0114. The van der Waals surface area contributed by atoms with E-state index in [1.165, 1.54) is 29.8 Å². The summed E-state index contributed by atoms with van der Waals surface area (Å²) in [4.78, 5) is 37.8. The first-order chi connectivity index (χ1) is 29.3. The number of fused-ring (bicyclic) bond motifs is 2. The Morgan fingerprint density at radius 3 is 2.34 bits per heavy atom. The fourth-order valence-electron chi connectivity index (χ4n) is 8.53. The molecule has 0 radical (unpaired) electrons. The van der Waals surface area contributed by atoms with Gasteiger partial charge >= 0.3 is 11.9 Å². The van der Waals surface area contributed by atoms with E-state index in [4.69, 9.17) is 23.4 Å². The van der Waals surface area contributed by atoms with Crippen molar-refractivity contribution in [1.29, 1.82) is 0 Å². The Bertz CT molecular complexity index is 2210. The Labute approximate surface area is 358 Å². The van der Waals surface area contributed by atoms with Gasteiger partial charge < -0.3 is 64.2 Å². The molecule has 2 saturated heterocycles. The summed E-state index contributed by atoms with van der Waals surface area (Å²) in [7, 11) is 0. The maximum atomic E-state index is 13.2. The van der Waals surface area contributed by atoms with Crippen LogP contribution in [0.3, 0.4) is 0 Å². The van der Waals surface area contributed by atoms with Gasteiger partial charge in [-0.3, -0.25) is 14.4 Å². The highest BCUT2D eigenvalue weighted by molar-refractivity contribution is 5.87. The van der Waals surface area contributed by atoms with Crippen molar-refractivity contribution in [3.05, 3.63) is 70.4 Å². The van der Waals surface area contributed by atoms with Crippen LogP contribution in [-0.2, 0) is 23.8 Å². The molecule has 0 saturated carbocycles. The zero-order valence-corrected chi connectivity index (χ0v) is 35.4. The topological polar surface area (TPSA) is 263 Å². The van der Waals surface area contributed by atoms with Crippen LogP contribution in [0, 0.1) is 29.1 Å². The number of benzene rings is 2. The second kappa shape index (κ2) is 19.2. The molecule has 1 aromatic heterocycles. The van der Waals surface area contributed by atoms with Crippen LogP contribution in [0.15, 0.2) is 69.4 Å². The van der Waals surface area contributed by atoms with Crippen molar-refractivity contribution < 1.29 is 73.8 Å². The number of hydrogen-bond donors (Lipinski definition) is 8. The van der Waals surface area contributed by atoms with Crippen LogP contribution in [0.5, 0.6) is 23.0 Å². The maximum absolute atomic E-state index is 13.2. The van der Waals surface area contributed by atoms with Gasteiger partial charge in [0.25, 0.3) is 0 Å². The van der Waals surface area contributed by atoms with Crippen LogP contribution in [0.2, 0.25) is 0 Å². The summed E-state index contributed by atoms with van der Waals surface area (Å²) in [6, 6.07) is 7.68. The molecule has 7 rings (SSSR count). The fourth-order valence-corrected chi connectivity index (χ4v) is 8.53. The van der Waals surface area contributed by atoms with Crippen LogP contribution in [0.4, 0.5) is 0 Å². The molecule has 3 heterocycles. The lowest BCUT2D eigenvalue weighted by Gasteiger charge is -2.44. The smallest absolute Gasteiger partial charge is 0.311 e. The van der Waals surface area contributed by atoms with Crippen LogP contribution >= 0.6 is 0 Å². The third-order valence-electron chi connectivity index (χ3n) is 12.5. The lowest BCUT2D eigenvalue weighted by molar-refractivity contribution is -0.277. The van der Waals surface area contributed by atoms with Crippen molar-refractivity contribution in [3.63, 3.8) is 0 Å². The second-order valence-corrected chi connectivity index (χ2v) is 17.5. The molecule has 2 aromatic carbocycles. The van der Waals surface area contributed by atoms with Crippen LogP contribution < -0.4 is 10.2 Å². The standard InChI is InChI=1S/C25H38O5.C21H20O11/c1-6-25(4,5)24(28)30-21-12-15(2)11-17-8-7-16(3)20(23(17)21)10-9-19-13-18(26)14-22(27)29-19;22-7-13-15(26)17(28)18(29)21(31-13)32-20-16(27)14-10(24)2-1-3-12(14)30-19(20)8-4-5-9(23)11(25)6-8/h7-8,11,15-16,18-21,23,26H,6,9-10,12-14H2,1-5H3;1-6,13,15,17-18,21-26,28-29H,7H2/t15-,16-,18+,19+,20-,21-,23-;13-,15-,17+,18-,21+/m01/s1. The molecule has 8 N–H and O–H groups in total. The number of carbonyl (C=O) groups is 2. The minimum absolute atomic E-state index is 0.0151. The van der Waals surface area contributed by atoms with E-state index in [9.17, 15) is 55.2 Å². The molecule has 3 aromatic rings. The van der Waals surface area contributed by atoms with E-state index in [0.717, 1.165) is 37.8 Å². The average molecular weight is 867 g/mol. The highest BCUT2D eigenvalue weighted by Gasteiger charge is 2.46. The number of phenols is 3. The Morgan fingerprint density at radius 2 is 1.66 bits per heavy atom. The van der Waals surface area contributed by atoms with E-state index in [1.54, 1.807) is 0 Å². The Hall–Kier alpha value is -4.97. The molecule has 0 amide bonds. The molecule has 2 aliphatic heterocycles. The monoisotopic (exact) mass is 866 g/mol. The van der Waals surface area contributed by atoms with Crippen LogP contribution in [0.25, 0.3) is 22.3 Å². The molecule has 2 aliphatic carbocycles. The summed E-state index contributed by atoms with van der Waals surface area (Å²) in [5.74, 6) is -1.35. The van der Waals surface area contributed by atoms with Gasteiger partial charge in [-0.05, 0) is 93.2 Å². The van der Waals surface area contributed by atoms with Crippen LogP contribution in [0.1, 0.15) is 73.1 Å². The van der Waals surface area contributed by atoms with Gasteiger partial charge in [-0.2, -0.15) is 0 Å². The Balaban J connectivity index is 0.000000207. The molecule has 62 heavy (non-hydrogen) atoms. The normalized spacial score (nSPS) is 30.9. The highest BCUT2D eigenvalue weighted by atomic mass is 16.7. The number of cyclic esters (lactones) is 1. The summed E-state index contributed by atoms with van der Waals surface area (Å²) in [5, 5.41) is 78.9. The highest BCUT2D eigenvalue weighted by Crippen LogP contribution is 2.46. The van der Waals surface area contributed by atoms with Gasteiger partial charge in [0.1, 0.15) is 53.3 Å². The average Bonchev–Trinajstić information content (AvgIpc) is 3.22. The van der Waals surface area contributed by atoms with E-state index in [-0.39, 0.29) is 58.8 Å². The first-order valence-electron chi connectivity index (χ1n) is 21.1. The Morgan fingerprint density at radius 1 is 0.919 bits per heavy atom. The molecular weight excluding hydrogens is 808 g/mol. The summed E-state index contributed by atoms with van der Waals surface area (Å²) in [6.07, 6.45) is 1.41. The van der Waals surface area contributed by atoms with Gasteiger partial charge in [0.15, 0.2) is 17.3 Å². The van der Waals surface area contributed by atoms with Crippen LogP contribution in [-0.4, -0.2) is 108 Å². The predicted molar refractivity (Wildman–Crippen MR) is 223 cm³/mol. The molecule has 2 fully saturated rings. The van der Waals surface area contributed by atoms with Crippen molar-refractivity contribution in [3.8, 4) is 34.3 Å². The molecule has 0 unspecified atom stereocenters. The van der Waals surface area contributed by atoms with Gasteiger partial charge in [0, 0.05) is 17.9 Å². The molecule has 12 atom stereocenters. The van der Waals surface area contributed by atoms with E-state index >= 15 is 0 Å². The number of rotatable bonds is 10. The molecule has 338 valence electrons. The van der Waals surface area contributed by atoms with Gasteiger partial charge in [-0.25, -0.2) is 0 Å². The third kappa shape index (κ3) is 9.96. The predicted octanol–water partition coefficient (Wildman–Crippen LogP) is 4.34. The number of phenolic OH excluding ortho intramolecular Hbond substituents is 3. The molecule has 16 nitrogen and oxygen atoms in total. The van der Waals surface area contributed by atoms with E-state index in [0.29, 0.717) is 24.2 Å². The molecule has 16 heteroatoms. The number of aromatic hydroxyl groups is 3. The third-order valence-corrected chi connectivity index (χ3v) is 12.5. The number of ether oxygens (including phenoxy) is 4. The number of hydrogen-bond acceptors (Lipinski definition) is 16. The van der Waals surface area contributed by atoms with Crippen molar-refractivity contribution in [2.24, 2.45) is 29.1 Å².